The molecule has 7 heteroatoms. The van der Waals surface area contributed by atoms with Crippen LogP contribution in [0.25, 0.3) is 10.9 Å². The summed E-state index contributed by atoms with van der Waals surface area (Å²) in [5.41, 5.74) is 3.78. The van der Waals surface area contributed by atoms with Crippen molar-refractivity contribution < 1.29 is 14.3 Å². The largest absolute Gasteiger partial charge is 0.497 e. The second-order valence-corrected chi connectivity index (χ2v) is 10.2. The Kier molecular flexibility index (Phi) is 6.81. The summed E-state index contributed by atoms with van der Waals surface area (Å²) in [5, 5.41) is 7.99. The Balaban J connectivity index is 1.16. The van der Waals surface area contributed by atoms with Gasteiger partial charge in [-0.1, -0.05) is 18.2 Å². The van der Waals surface area contributed by atoms with Gasteiger partial charge in [0.05, 0.1) is 12.6 Å². The van der Waals surface area contributed by atoms with Gasteiger partial charge in [-0.3, -0.25) is 9.59 Å². The fourth-order valence-electron chi connectivity index (χ4n) is 5.59. The predicted molar refractivity (Wildman–Crippen MR) is 143 cm³/mol. The SMILES string of the molecule is COc1ccc2c(c1)C(CC(=O)N[C@H]1CC[C@@H](Nc3cc(N(C)C)c4ccccc4n3)CC1)CC2=O. The Hall–Kier alpha value is -3.61. The van der Waals surface area contributed by atoms with E-state index >= 15 is 0 Å². The molecular weight excluding hydrogens is 452 g/mol. The van der Waals surface area contributed by atoms with Crippen LogP contribution in [-0.4, -0.2) is 50.0 Å². The number of nitrogens with zero attached hydrogens (tertiary/aromatic N) is 2. The molecule has 1 atom stereocenters. The number of aromatic nitrogens is 1. The third-order valence-corrected chi connectivity index (χ3v) is 7.48. The number of anilines is 2. The molecule has 1 heterocycles. The van der Waals surface area contributed by atoms with Gasteiger partial charge in [-0.25, -0.2) is 4.98 Å². The Morgan fingerprint density at radius 3 is 2.56 bits per heavy atom. The molecule has 2 aliphatic carbocycles. The molecule has 7 nitrogen and oxygen atoms in total. The van der Waals surface area contributed by atoms with E-state index in [-0.39, 0.29) is 23.7 Å². The Bertz CT molecular complexity index is 1280. The number of fused-ring (bicyclic) bond motifs is 2. The van der Waals surface area contributed by atoms with Crippen LogP contribution in [0.3, 0.4) is 0 Å². The lowest BCUT2D eigenvalue weighted by atomic mass is 9.90. The van der Waals surface area contributed by atoms with E-state index in [4.69, 9.17) is 9.72 Å². The van der Waals surface area contributed by atoms with Crippen LogP contribution in [0.4, 0.5) is 11.5 Å². The van der Waals surface area contributed by atoms with Gasteiger partial charge in [0, 0.05) is 67.6 Å². The van der Waals surface area contributed by atoms with E-state index in [2.05, 4.69) is 41.8 Å². The molecule has 1 unspecified atom stereocenters. The normalized spacial score (nSPS) is 21.2. The summed E-state index contributed by atoms with van der Waals surface area (Å²) in [4.78, 5) is 32.2. The second-order valence-electron chi connectivity index (χ2n) is 10.2. The van der Waals surface area contributed by atoms with Crippen LogP contribution < -0.4 is 20.3 Å². The number of hydrogen-bond acceptors (Lipinski definition) is 6. The fourth-order valence-corrected chi connectivity index (χ4v) is 5.59. The number of rotatable bonds is 7. The predicted octanol–water partition coefficient (Wildman–Crippen LogP) is 4.91. The highest BCUT2D eigenvalue weighted by molar-refractivity contribution is 6.02. The van der Waals surface area contributed by atoms with Gasteiger partial charge >= 0.3 is 0 Å². The van der Waals surface area contributed by atoms with Gasteiger partial charge in [0.25, 0.3) is 0 Å². The quantitative estimate of drug-likeness (QED) is 0.494. The van der Waals surface area contributed by atoms with Gasteiger partial charge in [-0.15, -0.1) is 0 Å². The van der Waals surface area contributed by atoms with E-state index in [1.165, 1.54) is 0 Å². The third-order valence-electron chi connectivity index (χ3n) is 7.48. The van der Waals surface area contributed by atoms with Crippen LogP contribution in [0.5, 0.6) is 5.75 Å². The first-order chi connectivity index (χ1) is 17.4. The first kappa shape index (κ1) is 24.1. The van der Waals surface area contributed by atoms with Crippen LogP contribution in [0.2, 0.25) is 0 Å². The molecule has 0 bridgehead atoms. The number of para-hydroxylation sites is 1. The zero-order valence-electron chi connectivity index (χ0n) is 21.2. The van der Waals surface area contributed by atoms with Crippen LogP contribution in [0.1, 0.15) is 60.4 Å². The average molecular weight is 487 g/mol. The summed E-state index contributed by atoms with van der Waals surface area (Å²) in [6.07, 6.45) is 4.51. The van der Waals surface area contributed by atoms with E-state index in [1.807, 2.05) is 30.3 Å². The third kappa shape index (κ3) is 5.01. The number of ether oxygens (including phenoxy) is 1. The Morgan fingerprint density at radius 2 is 1.81 bits per heavy atom. The minimum absolute atomic E-state index is 0.0201. The van der Waals surface area contributed by atoms with Crippen molar-refractivity contribution in [3.8, 4) is 5.75 Å². The summed E-state index contributed by atoms with van der Waals surface area (Å²) in [5.74, 6) is 1.66. The molecule has 3 aromatic rings. The summed E-state index contributed by atoms with van der Waals surface area (Å²) in [7, 11) is 5.72. The molecule has 0 radical (unpaired) electrons. The number of nitrogens with one attached hydrogen (secondary N) is 2. The maximum absolute atomic E-state index is 12.9. The Labute approximate surface area is 212 Å². The highest BCUT2D eigenvalue weighted by Crippen LogP contribution is 2.37. The molecular formula is C29H34N4O3. The number of Topliss-reactive ketones (excluding diaryl/α,β-unsaturated/α-hetero) is 1. The molecule has 1 amide bonds. The number of methoxy groups -OCH3 is 1. The van der Waals surface area contributed by atoms with Gasteiger partial charge in [-0.05, 0) is 55.5 Å². The summed E-state index contributed by atoms with van der Waals surface area (Å²) in [6.45, 7) is 0. The highest BCUT2D eigenvalue weighted by Gasteiger charge is 2.32. The highest BCUT2D eigenvalue weighted by atomic mass is 16.5. The summed E-state index contributed by atoms with van der Waals surface area (Å²) >= 11 is 0. The lowest BCUT2D eigenvalue weighted by Crippen LogP contribution is -2.40. The molecule has 5 rings (SSSR count). The van der Waals surface area contributed by atoms with E-state index in [0.29, 0.717) is 18.9 Å². The fraction of sp³-hybridized carbons (Fsp3) is 0.414. The van der Waals surface area contributed by atoms with Crippen molar-refractivity contribution in [1.82, 2.24) is 10.3 Å². The number of ketones is 1. The van der Waals surface area contributed by atoms with Gasteiger partial charge in [0.2, 0.25) is 5.91 Å². The lowest BCUT2D eigenvalue weighted by Gasteiger charge is -2.30. The topological polar surface area (TPSA) is 83.6 Å². The summed E-state index contributed by atoms with van der Waals surface area (Å²) in [6, 6.07) is 16.3. The van der Waals surface area contributed by atoms with Gasteiger partial charge in [0.1, 0.15) is 11.6 Å². The molecule has 1 aromatic heterocycles. The van der Waals surface area contributed by atoms with E-state index in [1.54, 1.807) is 13.2 Å². The number of carbonyl (C=O) groups excluding carboxylic acids is 2. The molecule has 1 saturated carbocycles. The van der Waals surface area contributed by atoms with Crippen molar-refractivity contribution in [3.63, 3.8) is 0 Å². The smallest absolute Gasteiger partial charge is 0.220 e. The van der Waals surface area contributed by atoms with Crippen molar-refractivity contribution >= 4 is 34.1 Å². The number of benzene rings is 2. The van der Waals surface area contributed by atoms with Crippen LogP contribution in [0, 0.1) is 0 Å². The maximum atomic E-state index is 12.9. The Morgan fingerprint density at radius 1 is 1.06 bits per heavy atom. The van der Waals surface area contributed by atoms with Crippen molar-refractivity contribution in [1.29, 1.82) is 0 Å². The molecule has 36 heavy (non-hydrogen) atoms. The van der Waals surface area contributed by atoms with E-state index < -0.39 is 0 Å². The molecule has 0 spiro atoms. The van der Waals surface area contributed by atoms with Crippen molar-refractivity contribution in [3.05, 3.63) is 59.7 Å². The van der Waals surface area contributed by atoms with Crippen LogP contribution >= 0.6 is 0 Å². The summed E-state index contributed by atoms with van der Waals surface area (Å²) < 4.78 is 5.32. The zero-order valence-corrected chi connectivity index (χ0v) is 21.2. The molecule has 2 N–H and O–H groups in total. The standard InChI is InChI=1S/C29H34N4O3/c1-33(2)26-17-28(32-25-7-5-4-6-23(25)26)30-19-8-10-20(11-9-19)31-29(35)15-18-14-27(34)22-13-12-21(36-3)16-24(18)22/h4-7,12-13,16-20H,8-11,14-15H2,1-3H3,(H,30,32)(H,31,35)/t18?,19-,20+. The molecule has 2 aromatic carbocycles. The molecule has 188 valence electrons. The monoisotopic (exact) mass is 486 g/mol. The second kappa shape index (κ2) is 10.2. The maximum Gasteiger partial charge on any atom is 0.220 e. The van der Waals surface area contributed by atoms with Crippen molar-refractivity contribution in [2.24, 2.45) is 0 Å². The molecule has 1 fully saturated rings. The molecule has 0 saturated heterocycles. The van der Waals surface area contributed by atoms with Crippen molar-refractivity contribution in [2.75, 3.05) is 31.4 Å². The first-order valence-corrected chi connectivity index (χ1v) is 12.8. The minimum atomic E-state index is -0.0783. The molecule has 0 aliphatic heterocycles. The number of carbonyl (C=O) groups is 2. The lowest BCUT2D eigenvalue weighted by molar-refractivity contribution is -0.122. The average Bonchev–Trinajstić information content (AvgIpc) is 3.18. The number of pyridine rings is 1. The number of amides is 1. The van der Waals surface area contributed by atoms with Crippen molar-refractivity contribution in [2.45, 2.75) is 56.5 Å². The zero-order chi connectivity index (χ0) is 25.2. The van der Waals surface area contributed by atoms with Gasteiger partial charge in [-0.2, -0.15) is 0 Å². The number of hydrogen-bond donors (Lipinski definition) is 2. The van der Waals surface area contributed by atoms with Gasteiger partial charge in [0.15, 0.2) is 5.78 Å². The molecule has 2 aliphatic rings. The van der Waals surface area contributed by atoms with Crippen LogP contribution in [0.15, 0.2) is 48.5 Å². The first-order valence-electron chi connectivity index (χ1n) is 12.8. The van der Waals surface area contributed by atoms with Crippen LogP contribution in [-0.2, 0) is 4.79 Å². The minimum Gasteiger partial charge on any atom is -0.497 e. The van der Waals surface area contributed by atoms with Gasteiger partial charge < -0.3 is 20.3 Å². The van der Waals surface area contributed by atoms with E-state index in [0.717, 1.165) is 65.0 Å². The van der Waals surface area contributed by atoms with E-state index in [9.17, 15) is 9.59 Å².